The number of nitrogens with one attached hydrogen (secondary N) is 1. The van der Waals surface area contributed by atoms with Crippen molar-refractivity contribution < 1.29 is 22.7 Å². The van der Waals surface area contributed by atoms with Crippen LogP contribution in [0.1, 0.15) is 53.3 Å². The van der Waals surface area contributed by atoms with E-state index in [4.69, 9.17) is 4.74 Å². The second-order valence-electron chi connectivity index (χ2n) is 8.39. The van der Waals surface area contributed by atoms with Gasteiger partial charge in [0, 0.05) is 23.7 Å². The number of nitrogens with zero attached hydrogens (tertiary/aromatic N) is 4. The van der Waals surface area contributed by atoms with Crippen molar-refractivity contribution in [3.8, 4) is 11.4 Å². The number of aromatic nitrogens is 5. The molecule has 166 valence electrons. The summed E-state index contributed by atoms with van der Waals surface area (Å²) in [5.74, 6) is -1.64. The molecule has 4 aromatic rings. The van der Waals surface area contributed by atoms with E-state index < -0.39 is 29.2 Å². The normalized spacial score (nSPS) is 22.0. The van der Waals surface area contributed by atoms with Crippen LogP contribution >= 0.6 is 0 Å². The summed E-state index contributed by atoms with van der Waals surface area (Å²) in [6.45, 7) is 0. The van der Waals surface area contributed by atoms with Crippen LogP contribution in [0.15, 0.2) is 36.7 Å². The smallest absolute Gasteiger partial charge is 0.339 e. The molecule has 10 heteroatoms. The van der Waals surface area contributed by atoms with Crippen molar-refractivity contribution in [2.45, 2.75) is 37.2 Å². The number of benzene rings is 1. The maximum atomic E-state index is 14.1. The van der Waals surface area contributed by atoms with Crippen LogP contribution in [0.3, 0.4) is 0 Å². The Morgan fingerprint density at radius 3 is 2.64 bits per heavy atom. The Balaban J connectivity index is 1.26. The van der Waals surface area contributed by atoms with Gasteiger partial charge in [0.25, 0.3) is 0 Å². The molecule has 0 bridgehead atoms. The summed E-state index contributed by atoms with van der Waals surface area (Å²) in [5, 5.41) is 0. The lowest BCUT2D eigenvalue weighted by Gasteiger charge is -2.35. The van der Waals surface area contributed by atoms with Crippen molar-refractivity contribution in [2.24, 2.45) is 0 Å². The van der Waals surface area contributed by atoms with Gasteiger partial charge in [-0.05, 0) is 43.9 Å². The van der Waals surface area contributed by atoms with Gasteiger partial charge in [-0.2, -0.15) is 4.39 Å². The number of carbonyl (C=O) groups is 1. The molecule has 1 fully saturated rings. The van der Waals surface area contributed by atoms with Crippen molar-refractivity contribution in [2.75, 3.05) is 0 Å². The number of imidazole rings is 1. The fourth-order valence-electron chi connectivity index (χ4n) is 4.80. The van der Waals surface area contributed by atoms with Gasteiger partial charge in [-0.3, -0.25) is 0 Å². The summed E-state index contributed by atoms with van der Waals surface area (Å²) in [6.07, 6.45) is 5.32. The fourth-order valence-corrected chi connectivity index (χ4v) is 4.80. The third kappa shape index (κ3) is 3.16. The molecular weight excluding hydrogens is 435 g/mol. The Bertz CT molecular complexity index is 1430. The summed E-state index contributed by atoms with van der Waals surface area (Å²) in [7, 11) is 0. The number of hydrogen-bond donors (Lipinski definition) is 1. The lowest BCUT2D eigenvalue weighted by Crippen LogP contribution is -2.31. The van der Waals surface area contributed by atoms with Crippen LogP contribution in [-0.4, -0.2) is 30.9 Å². The van der Waals surface area contributed by atoms with Gasteiger partial charge in [0.1, 0.15) is 28.6 Å². The average molecular weight is 451 g/mol. The maximum absolute atomic E-state index is 14.1. The predicted molar refractivity (Wildman–Crippen MR) is 110 cm³/mol. The second kappa shape index (κ2) is 7.09. The molecule has 7 nitrogen and oxygen atoms in total. The van der Waals surface area contributed by atoms with E-state index in [-0.39, 0.29) is 22.9 Å². The number of fused-ring (bicyclic) bond motifs is 3. The number of hydrogen-bond acceptors (Lipinski definition) is 6. The van der Waals surface area contributed by atoms with E-state index in [1.54, 1.807) is 0 Å². The number of pyridine rings is 1. The molecule has 6 rings (SSSR count). The van der Waals surface area contributed by atoms with Crippen molar-refractivity contribution in [3.05, 3.63) is 71.2 Å². The molecule has 33 heavy (non-hydrogen) atoms. The number of ether oxygens (including phenoxy) is 1. The van der Waals surface area contributed by atoms with Crippen molar-refractivity contribution in [3.63, 3.8) is 0 Å². The van der Waals surface area contributed by atoms with Crippen LogP contribution in [0.25, 0.3) is 22.6 Å². The van der Waals surface area contributed by atoms with E-state index in [0.29, 0.717) is 48.2 Å². The molecule has 1 aliphatic carbocycles. The Hall–Kier alpha value is -3.82. The highest BCUT2D eigenvalue weighted by Gasteiger charge is 2.48. The molecule has 1 aromatic carbocycles. The predicted octanol–water partition coefficient (Wildman–Crippen LogP) is 4.56. The van der Waals surface area contributed by atoms with Crippen molar-refractivity contribution >= 4 is 17.1 Å². The quantitative estimate of drug-likeness (QED) is 0.355. The third-order valence-corrected chi connectivity index (χ3v) is 6.48. The van der Waals surface area contributed by atoms with Crippen LogP contribution in [-0.2, 0) is 10.3 Å². The molecule has 1 N–H and O–H groups in total. The van der Waals surface area contributed by atoms with Crippen molar-refractivity contribution in [1.29, 1.82) is 0 Å². The minimum Gasteiger partial charge on any atom is -0.450 e. The van der Waals surface area contributed by atoms with Crippen LogP contribution < -0.4 is 0 Å². The molecule has 1 aliphatic heterocycles. The molecule has 0 unspecified atom stereocenters. The topological polar surface area (TPSA) is 93.6 Å². The lowest BCUT2D eigenvalue weighted by atomic mass is 9.75. The molecule has 1 saturated carbocycles. The van der Waals surface area contributed by atoms with E-state index in [2.05, 4.69) is 24.9 Å². The first-order valence-corrected chi connectivity index (χ1v) is 10.5. The van der Waals surface area contributed by atoms with Gasteiger partial charge in [-0.15, -0.1) is 0 Å². The van der Waals surface area contributed by atoms with E-state index in [9.17, 15) is 18.0 Å². The van der Waals surface area contributed by atoms with Gasteiger partial charge < -0.3 is 9.72 Å². The van der Waals surface area contributed by atoms with E-state index in [1.807, 2.05) is 0 Å². The fraction of sp³-hybridized carbons (Fsp3) is 0.261. The summed E-state index contributed by atoms with van der Waals surface area (Å²) < 4.78 is 46.8. The van der Waals surface area contributed by atoms with Gasteiger partial charge in [-0.1, -0.05) is 0 Å². The highest BCUT2D eigenvalue weighted by Crippen LogP contribution is 2.49. The molecule has 0 saturated heterocycles. The van der Waals surface area contributed by atoms with Gasteiger partial charge >= 0.3 is 5.97 Å². The number of halogens is 3. The summed E-state index contributed by atoms with van der Waals surface area (Å²) in [5.41, 5.74) is 0.978. The monoisotopic (exact) mass is 451 g/mol. The first-order chi connectivity index (χ1) is 15.9. The highest BCUT2D eigenvalue weighted by atomic mass is 19.1. The van der Waals surface area contributed by atoms with Gasteiger partial charge in [0.2, 0.25) is 5.95 Å². The van der Waals surface area contributed by atoms with Crippen LogP contribution in [0, 0.1) is 17.6 Å². The molecule has 2 aliphatic rings. The van der Waals surface area contributed by atoms with E-state index in [0.717, 1.165) is 24.3 Å². The first-order valence-electron chi connectivity index (χ1n) is 10.5. The number of rotatable bonds is 2. The van der Waals surface area contributed by atoms with Gasteiger partial charge in [0.05, 0.1) is 17.3 Å². The third-order valence-electron chi connectivity index (χ3n) is 6.48. The summed E-state index contributed by atoms with van der Waals surface area (Å²) in [4.78, 5) is 32.2. The molecule has 3 aromatic heterocycles. The summed E-state index contributed by atoms with van der Waals surface area (Å²) >= 11 is 0. The zero-order chi connectivity index (χ0) is 22.7. The maximum Gasteiger partial charge on any atom is 0.339 e. The SMILES string of the molecule is O=C1O[C@]2(CC[C@H](c3nc4nc(-c5cc(F)ccc5F)ncc4[nH]3)CC2)c2cnc(F)cc21. The molecule has 0 amide bonds. The Morgan fingerprint density at radius 1 is 1.00 bits per heavy atom. The number of H-pyrrole nitrogens is 1. The average Bonchev–Trinajstić information content (AvgIpc) is 3.34. The number of esters is 1. The molecular formula is C23H16F3N5O2. The number of aromatic amines is 1. The van der Waals surface area contributed by atoms with Crippen LogP contribution in [0.2, 0.25) is 0 Å². The molecule has 1 spiro atoms. The van der Waals surface area contributed by atoms with E-state index >= 15 is 0 Å². The van der Waals surface area contributed by atoms with Crippen LogP contribution in [0.5, 0.6) is 0 Å². The zero-order valence-corrected chi connectivity index (χ0v) is 17.1. The number of carbonyl (C=O) groups excluding carboxylic acids is 1. The minimum absolute atomic E-state index is 0.0344. The molecule has 4 heterocycles. The molecule has 0 radical (unpaired) electrons. The highest BCUT2D eigenvalue weighted by molar-refractivity contribution is 5.94. The minimum atomic E-state index is -0.794. The second-order valence-corrected chi connectivity index (χ2v) is 8.39. The summed E-state index contributed by atoms with van der Waals surface area (Å²) in [6, 6.07) is 4.23. The van der Waals surface area contributed by atoms with Gasteiger partial charge in [0.15, 0.2) is 11.5 Å². The van der Waals surface area contributed by atoms with E-state index in [1.165, 1.54) is 12.4 Å². The van der Waals surface area contributed by atoms with Crippen molar-refractivity contribution in [1.82, 2.24) is 24.9 Å². The Morgan fingerprint density at radius 2 is 1.82 bits per heavy atom. The standard InChI is InChI=1S/C23H16F3N5O2/c24-12-1-2-16(25)14(7-12)20-28-10-17-21(31-20)30-19(29-17)11-3-5-23(6-4-11)15-9-27-18(26)8-13(15)22(32)33-23/h1-2,7-11H,3-6H2,(H,28,29,30,31)/t11-,23-. The Kier molecular flexibility index (Phi) is 4.26. The first kappa shape index (κ1) is 19.8. The largest absolute Gasteiger partial charge is 0.450 e. The molecule has 0 atom stereocenters. The lowest BCUT2D eigenvalue weighted by molar-refractivity contribution is -0.0313. The zero-order valence-electron chi connectivity index (χ0n) is 17.1. The van der Waals surface area contributed by atoms with Gasteiger partial charge in [-0.25, -0.2) is 33.5 Å². The Labute approximate surface area is 185 Å². The van der Waals surface area contributed by atoms with Crippen LogP contribution in [0.4, 0.5) is 13.2 Å².